The van der Waals surface area contributed by atoms with Crippen molar-refractivity contribution in [3.63, 3.8) is 0 Å². The Labute approximate surface area is 146 Å². The lowest BCUT2D eigenvalue weighted by Gasteiger charge is -2.27. The monoisotopic (exact) mass is 394 g/mol. The van der Waals surface area contributed by atoms with Gasteiger partial charge in [-0.3, -0.25) is 9.59 Å². The quantitative estimate of drug-likeness (QED) is 0.803. The molecule has 24 heavy (non-hydrogen) atoms. The minimum absolute atomic E-state index is 0.0991. The highest BCUT2D eigenvalue weighted by Crippen LogP contribution is 2.15. The summed E-state index contributed by atoms with van der Waals surface area (Å²) < 4.78 is 16.1. The van der Waals surface area contributed by atoms with E-state index in [1.807, 2.05) is 0 Å². The average molecular weight is 395 g/mol. The molecule has 1 fully saturated rings. The third-order valence-electron chi connectivity index (χ3n) is 3.40. The zero-order valence-corrected chi connectivity index (χ0v) is 14.2. The molecule has 0 saturated carbocycles. The van der Waals surface area contributed by atoms with Crippen molar-refractivity contribution < 1.29 is 23.2 Å². The molecule has 8 heteroatoms. The van der Waals surface area contributed by atoms with Crippen LogP contribution in [0, 0.1) is 0 Å². The molecule has 7 nitrogen and oxygen atoms in total. The summed E-state index contributed by atoms with van der Waals surface area (Å²) in [6.07, 6.45) is 2.99. The van der Waals surface area contributed by atoms with Gasteiger partial charge in [-0.25, -0.2) is 0 Å². The van der Waals surface area contributed by atoms with E-state index in [1.54, 1.807) is 23.1 Å². The van der Waals surface area contributed by atoms with Crippen molar-refractivity contribution in [3.8, 4) is 0 Å². The topological polar surface area (TPSA) is 84.9 Å². The summed E-state index contributed by atoms with van der Waals surface area (Å²) in [7, 11) is 0. The van der Waals surface area contributed by atoms with E-state index >= 15 is 0 Å². The second kappa shape index (κ2) is 7.50. The van der Waals surface area contributed by atoms with E-state index in [0.717, 1.165) is 0 Å². The van der Waals surface area contributed by atoms with Crippen molar-refractivity contribution >= 4 is 33.8 Å². The van der Waals surface area contributed by atoms with Crippen molar-refractivity contribution in [2.24, 2.45) is 0 Å². The smallest absolute Gasteiger partial charge is 0.291 e. The van der Waals surface area contributed by atoms with Crippen LogP contribution in [0.1, 0.15) is 16.3 Å². The molecule has 0 aromatic carbocycles. The normalized spacial score (nSPS) is 15.4. The Morgan fingerprint density at radius 1 is 1.21 bits per heavy atom. The number of hydrogen-bond acceptors (Lipinski definition) is 5. The third kappa shape index (κ3) is 3.95. The molecule has 0 bridgehead atoms. The van der Waals surface area contributed by atoms with Crippen LogP contribution in [-0.2, 0) is 9.53 Å². The first-order chi connectivity index (χ1) is 11.6. The van der Waals surface area contributed by atoms with E-state index in [2.05, 4.69) is 21.2 Å². The minimum Gasteiger partial charge on any atom is -0.465 e. The Hall–Kier alpha value is -2.32. The molecule has 3 rings (SSSR count). The molecule has 126 valence electrons. The lowest BCUT2D eigenvalue weighted by Crippen LogP contribution is -2.44. The first-order valence-corrected chi connectivity index (χ1v) is 8.12. The predicted molar refractivity (Wildman–Crippen MR) is 88.0 cm³/mol. The Morgan fingerprint density at radius 3 is 2.62 bits per heavy atom. The van der Waals surface area contributed by atoms with Crippen LogP contribution in [0.4, 0.5) is 0 Å². The van der Waals surface area contributed by atoms with Gasteiger partial charge in [-0.2, -0.15) is 0 Å². The van der Waals surface area contributed by atoms with Crippen LogP contribution in [0.15, 0.2) is 49.7 Å². The molecule has 2 amide bonds. The van der Waals surface area contributed by atoms with E-state index in [9.17, 15) is 9.59 Å². The molecule has 1 aliphatic heterocycles. The molecule has 0 unspecified atom stereocenters. The van der Waals surface area contributed by atoms with Crippen LogP contribution in [0.2, 0.25) is 0 Å². The number of carbonyl (C=O) groups excluding carboxylic acids is 2. The summed E-state index contributed by atoms with van der Waals surface area (Å²) in [4.78, 5) is 26.6. The van der Waals surface area contributed by atoms with E-state index < -0.39 is 5.91 Å². The molecule has 0 spiro atoms. The van der Waals surface area contributed by atoms with Crippen LogP contribution in [-0.4, -0.2) is 43.0 Å². The van der Waals surface area contributed by atoms with Gasteiger partial charge in [-0.1, -0.05) is 0 Å². The van der Waals surface area contributed by atoms with E-state index in [1.165, 1.54) is 18.4 Å². The van der Waals surface area contributed by atoms with Crippen LogP contribution < -0.4 is 5.32 Å². The number of morpholine rings is 1. The molecule has 2 aromatic heterocycles. The van der Waals surface area contributed by atoms with Crippen LogP contribution >= 0.6 is 15.9 Å². The maximum absolute atomic E-state index is 12.7. The standard InChI is InChI=1S/C16H15BrN2O5/c17-14-4-3-13(24-14)15(20)18-12(10-11-2-1-7-23-11)16(21)19-5-8-22-9-6-19/h1-4,7,10H,5-6,8-9H2,(H,18,20)/b12-10-. The maximum atomic E-state index is 12.7. The fourth-order valence-electron chi connectivity index (χ4n) is 2.22. The van der Waals surface area contributed by atoms with Gasteiger partial charge in [0.25, 0.3) is 11.8 Å². The lowest BCUT2D eigenvalue weighted by molar-refractivity contribution is -0.131. The summed E-state index contributed by atoms with van der Waals surface area (Å²) in [6, 6.07) is 6.52. The fraction of sp³-hybridized carbons (Fsp3) is 0.250. The van der Waals surface area contributed by atoms with Gasteiger partial charge < -0.3 is 23.8 Å². The molecular weight excluding hydrogens is 380 g/mol. The van der Waals surface area contributed by atoms with Crippen molar-refractivity contribution in [1.29, 1.82) is 0 Å². The number of rotatable bonds is 4. The van der Waals surface area contributed by atoms with Gasteiger partial charge in [0.05, 0.1) is 19.5 Å². The maximum Gasteiger partial charge on any atom is 0.291 e. The summed E-state index contributed by atoms with van der Waals surface area (Å²) >= 11 is 3.14. The van der Waals surface area contributed by atoms with Gasteiger partial charge in [-0.15, -0.1) is 0 Å². The Morgan fingerprint density at radius 2 is 2.00 bits per heavy atom. The van der Waals surface area contributed by atoms with E-state index in [4.69, 9.17) is 13.6 Å². The van der Waals surface area contributed by atoms with E-state index in [-0.39, 0.29) is 17.4 Å². The fourth-order valence-corrected chi connectivity index (χ4v) is 2.53. The molecule has 0 radical (unpaired) electrons. The van der Waals surface area contributed by atoms with Gasteiger partial charge >= 0.3 is 0 Å². The second-order valence-corrected chi connectivity index (χ2v) is 5.82. The molecule has 1 saturated heterocycles. The number of hydrogen-bond donors (Lipinski definition) is 1. The molecular formula is C16H15BrN2O5. The molecule has 1 aliphatic rings. The summed E-state index contributed by atoms with van der Waals surface area (Å²) in [6.45, 7) is 1.88. The molecule has 2 aromatic rings. The van der Waals surface area contributed by atoms with Gasteiger partial charge in [0.2, 0.25) is 0 Å². The zero-order chi connectivity index (χ0) is 16.9. The number of carbonyl (C=O) groups is 2. The lowest BCUT2D eigenvalue weighted by atomic mass is 10.2. The first kappa shape index (κ1) is 16.5. The number of nitrogens with zero attached hydrogens (tertiary/aromatic N) is 1. The summed E-state index contributed by atoms with van der Waals surface area (Å²) in [5.74, 6) is -0.247. The summed E-state index contributed by atoms with van der Waals surface area (Å²) in [5.41, 5.74) is 0.115. The number of halogens is 1. The molecule has 0 aliphatic carbocycles. The van der Waals surface area contributed by atoms with Crippen molar-refractivity contribution in [1.82, 2.24) is 10.2 Å². The second-order valence-electron chi connectivity index (χ2n) is 5.04. The Bertz CT molecular complexity index is 744. The number of nitrogens with one attached hydrogen (secondary N) is 1. The van der Waals surface area contributed by atoms with Crippen molar-refractivity contribution in [2.75, 3.05) is 26.3 Å². The average Bonchev–Trinajstić information content (AvgIpc) is 3.26. The minimum atomic E-state index is -0.514. The molecule has 3 heterocycles. The SMILES string of the molecule is O=C(N/C(=C\c1ccco1)C(=O)N1CCOCC1)c1ccc(Br)o1. The Balaban J connectivity index is 1.82. The zero-order valence-electron chi connectivity index (χ0n) is 12.7. The highest BCUT2D eigenvalue weighted by molar-refractivity contribution is 9.10. The van der Waals surface area contributed by atoms with Crippen LogP contribution in [0.3, 0.4) is 0 Å². The number of amides is 2. The predicted octanol–water partition coefficient (Wildman–Crippen LogP) is 2.26. The molecule has 1 N–H and O–H groups in total. The van der Waals surface area contributed by atoms with Crippen LogP contribution in [0.5, 0.6) is 0 Å². The van der Waals surface area contributed by atoms with Crippen molar-refractivity contribution in [3.05, 3.63) is 52.4 Å². The van der Waals surface area contributed by atoms with Gasteiger partial charge in [0, 0.05) is 19.2 Å². The molecule has 0 atom stereocenters. The van der Waals surface area contributed by atoms with Gasteiger partial charge in [-0.05, 0) is 40.2 Å². The van der Waals surface area contributed by atoms with Gasteiger partial charge in [0.1, 0.15) is 11.5 Å². The highest BCUT2D eigenvalue weighted by Gasteiger charge is 2.23. The van der Waals surface area contributed by atoms with E-state index in [0.29, 0.717) is 36.7 Å². The van der Waals surface area contributed by atoms with Gasteiger partial charge in [0.15, 0.2) is 10.4 Å². The number of furan rings is 2. The largest absolute Gasteiger partial charge is 0.465 e. The Kier molecular flexibility index (Phi) is 5.17. The first-order valence-electron chi connectivity index (χ1n) is 7.32. The number of ether oxygens (including phenoxy) is 1. The summed E-state index contributed by atoms with van der Waals surface area (Å²) in [5, 5.41) is 2.60. The third-order valence-corrected chi connectivity index (χ3v) is 3.83. The van der Waals surface area contributed by atoms with Crippen molar-refractivity contribution in [2.45, 2.75) is 0 Å². The highest BCUT2D eigenvalue weighted by atomic mass is 79.9. The van der Waals surface area contributed by atoms with Crippen LogP contribution in [0.25, 0.3) is 6.08 Å².